The molecule has 0 spiro atoms. The molecule has 3 heteroatoms. The summed E-state index contributed by atoms with van der Waals surface area (Å²) in [6.07, 6.45) is 0. The van der Waals surface area contributed by atoms with Gasteiger partial charge in [-0.15, -0.1) is 11.3 Å². The van der Waals surface area contributed by atoms with E-state index in [0.717, 1.165) is 25.4 Å². The summed E-state index contributed by atoms with van der Waals surface area (Å²) in [5, 5.41) is 0. The van der Waals surface area contributed by atoms with E-state index in [0.29, 0.717) is 0 Å². The average molecular weight is 295 g/mol. The van der Waals surface area contributed by atoms with Gasteiger partial charge in [-0.05, 0) is 38.1 Å². The molecule has 0 atom stereocenters. The highest BCUT2D eigenvalue weighted by Gasteiger charge is 2.14. The maximum atomic E-state index is 12.2. The smallest absolute Gasteiger partial charge is 0.204 e. The Kier molecular flexibility index (Phi) is 3.26. The topological polar surface area (TPSA) is 17.1 Å². The Bertz CT molecular complexity index is 543. The van der Waals surface area contributed by atoms with E-state index in [1.54, 1.807) is 0 Å². The van der Waals surface area contributed by atoms with Crippen molar-refractivity contribution in [2.75, 3.05) is 0 Å². The molecule has 0 amide bonds. The molecule has 0 aliphatic heterocycles. The van der Waals surface area contributed by atoms with Gasteiger partial charge in [0.2, 0.25) is 5.78 Å². The van der Waals surface area contributed by atoms with Crippen molar-refractivity contribution >= 4 is 33.0 Å². The molecule has 1 aromatic heterocycles. The van der Waals surface area contributed by atoms with Gasteiger partial charge in [0.25, 0.3) is 0 Å². The molecule has 0 fully saturated rings. The minimum absolute atomic E-state index is 0.0914. The summed E-state index contributed by atoms with van der Waals surface area (Å²) in [5.41, 5.74) is 1.83. The first-order valence-corrected chi connectivity index (χ1v) is 6.56. The van der Waals surface area contributed by atoms with Crippen LogP contribution in [0.15, 0.2) is 34.8 Å². The van der Waals surface area contributed by atoms with E-state index in [4.69, 9.17) is 0 Å². The van der Waals surface area contributed by atoms with Crippen LogP contribution < -0.4 is 0 Å². The quantitative estimate of drug-likeness (QED) is 0.752. The molecule has 1 nitrogen and oxygen atoms in total. The Balaban J connectivity index is 2.45. The molecule has 0 radical (unpaired) electrons. The number of ketones is 1. The summed E-state index contributed by atoms with van der Waals surface area (Å²) < 4.78 is 0.856. The first kappa shape index (κ1) is 11.6. The predicted molar refractivity (Wildman–Crippen MR) is 71.4 cm³/mol. The molecular formula is C13H11BrOS. The van der Waals surface area contributed by atoms with Gasteiger partial charge in [0.05, 0.1) is 4.88 Å². The fourth-order valence-corrected chi connectivity index (χ4v) is 2.75. The van der Waals surface area contributed by atoms with E-state index >= 15 is 0 Å². The Morgan fingerprint density at radius 3 is 2.56 bits per heavy atom. The van der Waals surface area contributed by atoms with Gasteiger partial charge in [0, 0.05) is 14.9 Å². The van der Waals surface area contributed by atoms with Gasteiger partial charge >= 0.3 is 0 Å². The molecule has 0 saturated carbocycles. The molecule has 2 aromatic rings. The van der Waals surface area contributed by atoms with E-state index in [2.05, 4.69) is 15.9 Å². The SMILES string of the molecule is Cc1ccc(Br)c(C(=O)c2ccc(C)s2)c1. The van der Waals surface area contributed by atoms with Crippen molar-refractivity contribution in [1.82, 2.24) is 0 Å². The molecular weight excluding hydrogens is 284 g/mol. The van der Waals surface area contributed by atoms with Gasteiger partial charge in [0.1, 0.15) is 0 Å². The summed E-state index contributed by atoms with van der Waals surface area (Å²) in [6, 6.07) is 9.68. The number of carbonyl (C=O) groups excluding carboxylic acids is 1. The maximum Gasteiger partial charge on any atom is 0.204 e. The third-order valence-electron chi connectivity index (χ3n) is 2.33. The first-order valence-electron chi connectivity index (χ1n) is 4.95. The van der Waals surface area contributed by atoms with Crippen LogP contribution >= 0.6 is 27.3 Å². The van der Waals surface area contributed by atoms with Crippen molar-refractivity contribution in [3.63, 3.8) is 0 Å². The van der Waals surface area contributed by atoms with Crippen LogP contribution in [0.3, 0.4) is 0 Å². The largest absolute Gasteiger partial charge is 0.288 e. The van der Waals surface area contributed by atoms with Crippen LogP contribution in [0, 0.1) is 13.8 Å². The lowest BCUT2D eigenvalue weighted by atomic mass is 10.1. The van der Waals surface area contributed by atoms with Crippen molar-refractivity contribution in [2.24, 2.45) is 0 Å². The minimum Gasteiger partial charge on any atom is -0.288 e. The molecule has 16 heavy (non-hydrogen) atoms. The third-order valence-corrected chi connectivity index (χ3v) is 4.02. The number of halogens is 1. The number of hydrogen-bond donors (Lipinski definition) is 0. The number of benzene rings is 1. The van der Waals surface area contributed by atoms with Crippen LogP contribution in [0.5, 0.6) is 0 Å². The molecule has 82 valence electrons. The molecule has 0 saturated heterocycles. The van der Waals surface area contributed by atoms with Gasteiger partial charge in [-0.2, -0.15) is 0 Å². The zero-order valence-corrected chi connectivity index (χ0v) is 11.5. The van der Waals surface area contributed by atoms with Crippen LogP contribution in [-0.4, -0.2) is 5.78 Å². The molecule has 1 aromatic carbocycles. The molecule has 1 heterocycles. The highest BCUT2D eigenvalue weighted by molar-refractivity contribution is 9.10. The summed E-state index contributed by atoms with van der Waals surface area (Å²) >= 11 is 4.95. The van der Waals surface area contributed by atoms with Crippen molar-refractivity contribution < 1.29 is 4.79 Å². The molecule has 0 aliphatic rings. The molecule has 2 rings (SSSR count). The Morgan fingerprint density at radius 1 is 1.19 bits per heavy atom. The second-order valence-electron chi connectivity index (χ2n) is 3.72. The molecule has 0 aliphatic carbocycles. The number of hydrogen-bond acceptors (Lipinski definition) is 2. The monoisotopic (exact) mass is 294 g/mol. The van der Waals surface area contributed by atoms with E-state index in [-0.39, 0.29) is 5.78 Å². The highest BCUT2D eigenvalue weighted by Crippen LogP contribution is 2.24. The van der Waals surface area contributed by atoms with Crippen LogP contribution in [-0.2, 0) is 0 Å². The number of carbonyl (C=O) groups is 1. The first-order chi connectivity index (χ1) is 7.58. The second kappa shape index (κ2) is 4.52. The summed E-state index contributed by atoms with van der Waals surface area (Å²) in [7, 11) is 0. The summed E-state index contributed by atoms with van der Waals surface area (Å²) in [6.45, 7) is 4.00. The lowest BCUT2D eigenvalue weighted by Crippen LogP contribution is -2.00. The number of thiophene rings is 1. The molecule has 0 N–H and O–H groups in total. The average Bonchev–Trinajstić information content (AvgIpc) is 2.67. The predicted octanol–water partition coefficient (Wildman–Crippen LogP) is 4.36. The van der Waals surface area contributed by atoms with Crippen molar-refractivity contribution in [3.8, 4) is 0 Å². The second-order valence-corrected chi connectivity index (χ2v) is 5.86. The van der Waals surface area contributed by atoms with Crippen LogP contribution in [0.2, 0.25) is 0 Å². The molecule has 0 unspecified atom stereocenters. The standard InChI is InChI=1S/C13H11BrOS/c1-8-3-5-11(14)10(7-8)13(15)12-6-4-9(2)16-12/h3-7H,1-2H3. The lowest BCUT2D eigenvalue weighted by Gasteiger charge is -2.03. The zero-order chi connectivity index (χ0) is 11.7. The Morgan fingerprint density at radius 2 is 1.94 bits per heavy atom. The fraction of sp³-hybridized carbons (Fsp3) is 0.154. The minimum atomic E-state index is 0.0914. The Labute approximate surface area is 107 Å². The van der Waals surface area contributed by atoms with Gasteiger partial charge in [-0.3, -0.25) is 4.79 Å². The Hall–Kier alpha value is -0.930. The number of aryl methyl sites for hydroxylation is 2. The van der Waals surface area contributed by atoms with Crippen molar-refractivity contribution in [3.05, 3.63) is 55.7 Å². The van der Waals surface area contributed by atoms with Crippen LogP contribution in [0.4, 0.5) is 0 Å². The summed E-state index contributed by atoms with van der Waals surface area (Å²) in [5.74, 6) is 0.0914. The molecule has 0 bridgehead atoms. The van der Waals surface area contributed by atoms with Gasteiger partial charge in [0.15, 0.2) is 0 Å². The van der Waals surface area contributed by atoms with Crippen LogP contribution in [0.25, 0.3) is 0 Å². The van der Waals surface area contributed by atoms with Gasteiger partial charge in [-0.1, -0.05) is 27.6 Å². The highest BCUT2D eigenvalue weighted by atomic mass is 79.9. The van der Waals surface area contributed by atoms with Crippen LogP contribution in [0.1, 0.15) is 25.7 Å². The normalized spacial score (nSPS) is 10.4. The third kappa shape index (κ3) is 2.25. The van der Waals surface area contributed by atoms with Crippen molar-refractivity contribution in [2.45, 2.75) is 13.8 Å². The van der Waals surface area contributed by atoms with E-state index in [1.165, 1.54) is 11.3 Å². The van der Waals surface area contributed by atoms with Gasteiger partial charge in [-0.25, -0.2) is 0 Å². The van der Waals surface area contributed by atoms with E-state index in [1.807, 2.05) is 44.2 Å². The van der Waals surface area contributed by atoms with Gasteiger partial charge < -0.3 is 0 Å². The number of rotatable bonds is 2. The van der Waals surface area contributed by atoms with E-state index < -0.39 is 0 Å². The zero-order valence-electron chi connectivity index (χ0n) is 9.08. The van der Waals surface area contributed by atoms with Crippen molar-refractivity contribution in [1.29, 1.82) is 0 Å². The fourth-order valence-electron chi connectivity index (χ4n) is 1.50. The van der Waals surface area contributed by atoms with E-state index in [9.17, 15) is 4.79 Å². The maximum absolute atomic E-state index is 12.2. The summed E-state index contributed by atoms with van der Waals surface area (Å²) in [4.78, 5) is 14.2. The lowest BCUT2D eigenvalue weighted by molar-refractivity contribution is 0.104.